The molecule has 238 valence electrons. The van der Waals surface area contributed by atoms with Crippen LogP contribution in [0, 0.1) is 11.3 Å². The Bertz CT molecular complexity index is 1190. The Balaban J connectivity index is 1.75. The van der Waals surface area contributed by atoms with Crippen LogP contribution in [-0.2, 0) is 31.7 Å². The van der Waals surface area contributed by atoms with Gasteiger partial charge in [0.05, 0.1) is 37.9 Å². The third-order valence-corrected chi connectivity index (χ3v) is 13.6. The Morgan fingerprint density at radius 3 is 2.26 bits per heavy atom. The van der Waals surface area contributed by atoms with Crippen LogP contribution in [0.15, 0.2) is 54.6 Å². The number of rotatable bonds is 14. The zero-order chi connectivity index (χ0) is 32.0. The Morgan fingerprint density at radius 2 is 1.67 bits per heavy atom. The molecule has 1 fully saturated rings. The number of methoxy groups -OCH3 is 1. The maximum absolute atomic E-state index is 13.8. The maximum atomic E-state index is 13.8. The molecule has 0 bridgehead atoms. The van der Waals surface area contributed by atoms with Gasteiger partial charge in [-0.15, -0.1) is 0 Å². The quantitative estimate of drug-likeness (QED) is 0.189. The molecule has 9 heteroatoms. The molecule has 0 radical (unpaired) electrons. The number of hydrogen-bond donors (Lipinski definition) is 1. The van der Waals surface area contributed by atoms with E-state index in [1.54, 1.807) is 14.0 Å². The van der Waals surface area contributed by atoms with E-state index in [9.17, 15) is 14.7 Å². The van der Waals surface area contributed by atoms with E-state index >= 15 is 0 Å². The van der Waals surface area contributed by atoms with Crippen molar-refractivity contribution in [1.82, 2.24) is 4.90 Å². The number of imide groups is 1. The van der Waals surface area contributed by atoms with E-state index in [0.717, 1.165) is 16.9 Å². The number of amides is 2. The summed E-state index contributed by atoms with van der Waals surface area (Å²) < 4.78 is 23.5. The molecule has 0 unspecified atom stereocenters. The van der Waals surface area contributed by atoms with Gasteiger partial charge < -0.3 is 23.7 Å². The molecule has 2 aromatic carbocycles. The molecule has 1 heterocycles. The third kappa shape index (κ3) is 8.68. The van der Waals surface area contributed by atoms with Crippen LogP contribution in [0.3, 0.4) is 0 Å². The van der Waals surface area contributed by atoms with Crippen LogP contribution in [0.5, 0.6) is 5.75 Å². The minimum atomic E-state index is -2.26. The summed E-state index contributed by atoms with van der Waals surface area (Å²) in [6, 6.07) is 17.0. The number of cyclic esters (lactones) is 1. The molecule has 3 rings (SSSR count). The number of carbonyl (C=O) groups is 2. The van der Waals surface area contributed by atoms with Crippen molar-refractivity contribution in [1.29, 1.82) is 0 Å². The van der Waals surface area contributed by atoms with E-state index in [4.69, 9.17) is 18.6 Å². The summed E-state index contributed by atoms with van der Waals surface area (Å²) in [4.78, 5) is 27.7. The van der Waals surface area contributed by atoms with Crippen molar-refractivity contribution in [3.8, 4) is 5.75 Å². The first-order valence-electron chi connectivity index (χ1n) is 15.2. The van der Waals surface area contributed by atoms with Crippen LogP contribution < -0.4 is 4.74 Å². The molecule has 43 heavy (non-hydrogen) atoms. The molecule has 8 nitrogen and oxygen atoms in total. The summed E-state index contributed by atoms with van der Waals surface area (Å²) in [5.74, 6) is -0.505. The van der Waals surface area contributed by atoms with Gasteiger partial charge in [-0.3, -0.25) is 4.79 Å². The minimum Gasteiger partial charge on any atom is -0.497 e. The van der Waals surface area contributed by atoms with Crippen LogP contribution >= 0.6 is 0 Å². The highest BCUT2D eigenvalue weighted by molar-refractivity contribution is 6.74. The molecule has 4 atom stereocenters. The van der Waals surface area contributed by atoms with Crippen molar-refractivity contribution in [2.45, 2.75) is 97.4 Å². The molecule has 0 aromatic heterocycles. The summed E-state index contributed by atoms with van der Waals surface area (Å²) >= 11 is 0. The number of hydrogen-bond acceptors (Lipinski definition) is 7. The third-order valence-electron chi connectivity index (χ3n) is 9.16. The number of ether oxygens (including phenoxy) is 3. The van der Waals surface area contributed by atoms with Gasteiger partial charge in [-0.05, 0) is 54.2 Å². The SMILES string of the molecule is COc1ccc(COCC[C@H](O[Si](C)(C)C(C)(C)C)C(C)(C)[C@H](O)[C@@H](C)C(=O)N2C(=O)OC[C@H]2Cc2ccccc2)cc1. The second-order valence-electron chi connectivity index (χ2n) is 13.7. The topological polar surface area (TPSA) is 94.5 Å². The van der Waals surface area contributed by atoms with Gasteiger partial charge in [-0.25, -0.2) is 9.69 Å². The average molecular weight is 614 g/mol. The highest BCUT2D eigenvalue weighted by Gasteiger charge is 2.49. The van der Waals surface area contributed by atoms with Crippen LogP contribution in [0.1, 0.15) is 59.1 Å². The summed E-state index contributed by atoms with van der Waals surface area (Å²) in [6.07, 6.45) is -1.10. The van der Waals surface area contributed by atoms with Crippen molar-refractivity contribution in [3.05, 3.63) is 65.7 Å². The van der Waals surface area contributed by atoms with Gasteiger partial charge in [-0.2, -0.15) is 0 Å². The number of nitrogens with zero attached hydrogens (tertiary/aromatic N) is 1. The first-order chi connectivity index (χ1) is 20.1. The fourth-order valence-corrected chi connectivity index (χ4v) is 6.66. The Kier molecular flexibility index (Phi) is 11.6. The first-order valence-corrected chi connectivity index (χ1v) is 18.1. The molecule has 2 amide bonds. The van der Waals surface area contributed by atoms with E-state index in [2.05, 4.69) is 33.9 Å². The van der Waals surface area contributed by atoms with Crippen LogP contribution in [0.25, 0.3) is 0 Å². The average Bonchev–Trinajstić information content (AvgIpc) is 3.32. The van der Waals surface area contributed by atoms with Crippen LogP contribution in [0.4, 0.5) is 4.79 Å². The fourth-order valence-electron chi connectivity index (χ4n) is 5.17. The standard InChI is InChI=1S/C34H51NO7Si/c1-24(31(37)35-27(23-41-32(35)38)21-25-13-11-10-12-14-25)30(36)34(5,6)29(42-43(8,9)33(2,3)4)19-20-40-22-26-15-17-28(39-7)18-16-26/h10-18,24,27,29-30,36H,19-23H2,1-9H3/t24-,27-,29+,30-/m1/s1. The summed E-state index contributed by atoms with van der Waals surface area (Å²) in [6.45, 7) is 17.5. The molecule has 1 aliphatic heterocycles. The van der Waals surface area contributed by atoms with Gasteiger partial charge in [0.2, 0.25) is 5.91 Å². The summed E-state index contributed by atoms with van der Waals surface area (Å²) in [5.41, 5.74) is 1.21. The lowest BCUT2D eigenvalue weighted by Crippen LogP contribution is -2.55. The fraction of sp³-hybridized carbons (Fsp3) is 0.588. The molecule has 1 N–H and O–H groups in total. The van der Waals surface area contributed by atoms with Crippen molar-refractivity contribution < 1.29 is 33.3 Å². The van der Waals surface area contributed by atoms with Gasteiger partial charge in [0.1, 0.15) is 12.4 Å². The van der Waals surface area contributed by atoms with Crippen molar-refractivity contribution in [2.24, 2.45) is 11.3 Å². The molecule has 0 saturated carbocycles. The monoisotopic (exact) mass is 613 g/mol. The second kappa shape index (κ2) is 14.4. The van der Waals surface area contributed by atoms with Gasteiger partial charge in [0.15, 0.2) is 8.32 Å². The van der Waals surface area contributed by atoms with Crippen molar-refractivity contribution in [2.75, 3.05) is 20.3 Å². The molecular weight excluding hydrogens is 562 g/mol. The van der Waals surface area contributed by atoms with E-state index < -0.39 is 43.8 Å². The van der Waals surface area contributed by atoms with Crippen LogP contribution in [0.2, 0.25) is 18.1 Å². The Hall–Kier alpha value is -2.72. The van der Waals surface area contributed by atoms with Gasteiger partial charge >= 0.3 is 6.09 Å². The summed E-state index contributed by atoms with van der Waals surface area (Å²) in [7, 11) is -0.624. The lowest BCUT2D eigenvalue weighted by Gasteiger charge is -2.47. The number of benzene rings is 2. The highest BCUT2D eigenvalue weighted by Crippen LogP contribution is 2.42. The van der Waals surface area contributed by atoms with Crippen molar-refractivity contribution >= 4 is 20.3 Å². The largest absolute Gasteiger partial charge is 0.497 e. The van der Waals surface area contributed by atoms with E-state index in [1.807, 2.05) is 68.4 Å². The van der Waals surface area contributed by atoms with Gasteiger partial charge in [0, 0.05) is 12.0 Å². The smallest absolute Gasteiger partial charge is 0.416 e. The van der Waals surface area contributed by atoms with Crippen LogP contribution in [-0.4, -0.2) is 68.9 Å². The molecule has 0 aliphatic carbocycles. The number of aliphatic hydroxyl groups is 1. The normalized spacial score (nSPS) is 18.2. The molecule has 1 saturated heterocycles. The van der Waals surface area contributed by atoms with E-state index in [0.29, 0.717) is 26.1 Å². The lowest BCUT2D eigenvalue weighted by atomic mass is 9.74. The number of carbonyl (C=O) groups excluding carboxylic acids is 2. The highest BCUT2D eigenvalue weighted by atomic mass is 28.4. The Labute approximate surface area is 258 Å². The predicted molar refractivity (Wildman–Crippen MR) is 170 cm³/mol. The van der Waals surface area contributed by atoms with E-state index in [1.165, 1.54) is 4.90 Å². The molecular formula is C34H51NO7Si. The second-order valence-corrected chi connectivity index (χ2v) is 18.5. The van der Waals surface area contributed by atoms with Gasteiger partial charge in [-0.1, -0.05) is 84.0 Å². The molecule has 1 aliphatic rings. The predicted octanol–water partition coefficient (Wildman–Crippen LogP) is 6.61. The first kappa shape index (κ1) is 34.8. The zero-order valence-corrected chi connectivity index (χ0v) is 28.4. The summed E-state index contributed by atoms with van der Waals surface area (Å²) in [5, 5.41) is 11.7. The van der Waals surface area contributed by atoms with Gasteiger partial charge in [0.25, 0.3) is 0 Å². The Morgan fingerprint density at radius 1 is 1.05 bits per heavy atom. The molecule has 0 spiro atoms. The maximum Gasteiger partial charge on any atom is 0.416 e. The number of aliphatic hydroxyl groups excluding tert-OH is 1. The lowest BCUT2D eigenvalue weighted by molar-refractivity contribution is -0.143. The van der Waals surface area contributed by atoms with Crippen molar-refractivity contribution in [3.63, 3.8) is 0 Å². The molecule has 2 aromatic rings. The minimum absolute atomic E-state index is 0.0539. The zero-order valence-electron chi connectivity index (χ0n) is 27.4. The van der Waals surface area contributed by atoms with E-state index in [-0.39, 0.29) is 17.7 Å².